The van der Waals surface area contributed by atoms with Crippen molar-refractivity contribution in [1.82, 2.24) is 5.32 Å². The molecule has 1 heterocycles. The summed E-state index contributed by atoms with van der Waals surface area (Å²) in [6, 6.07) is 0. The average molecular weight is 143 g/mol. The molecule has 0 aromatic carbocycles. The van der Waals surface area contributed by atoms with Gasteiger partial charge in [0.25, 0.3) is 0 Å². The van der Waals surface area contributed by atoms with E-state index in [1.54, 1.807) is 5.57 Å². The maximum atomic E-state index is 3.34. The number of hydrogen-bond acceptors (Lipinski definition) is 2. The summed E-state index contributed by atoms with van der Waals surface area (Å²) in [5, 5.41) is 3.34. The smallest absolute Gasteiger partial charge is 0.0264 e. The van der Waals surface area contributed by atoms with Crippen molar-refractivity contribution in [2.45, 2.75) is 13.3 Å². The van der Waals surface area contributed by atoms with Crippen LogP contribution in [0.5, 0.6) is 0 Å². The first-order valence-corrected chi connectivity index (χ1v) is 4.50. The zero-order chi connectivity index (χ0) is 6.69. The Bertz CT molecular complexity index is 129. The minimum absolute atomic E-state index is 1.09. The number of thioether (sulfide) groups is 1. The van der Waals surface area contributed by atoms with Gasteiger partial charge in [0.1, 0.15) is 0 Å². The van der Waals surface area contributed by atoms with Crippen molar-refractivity contribution in [1.29, 1.82) is 0 Å². The largest absolute Gasteiger partial charge is 0.312 e. The Balaban J connectivity index is 2.59. The molecule has 1 aliphatic rings. The minimum atomic E-state index is 1.09. The van der Waals surface area contributed by atoms with Gasteiger partial charge >= 0.3 is 0 Å². The fraction of sp³-hybridized carbons (Fsp3) is 0.714. The summed E-state index contributed by atoms with van der Waals surface area (Å²) in [5.74, 6) is 0. The van der Waals surface area contributed by atoms with Crippen LogP contribution in [0.15, 0.2) is 10.5 Å². The third-order valence-corrected chi connectivity index (χ3v) is 2.67. The molecule has 1 N–H and O–H groups in total. The van der Waals surface area contributed by atoms with Crippen LogP contribution in [0.25, 0.3) is 0 Å². The first kappa shape index (κ1) is 7.16. The highest BCUT2D eigenvalue weighted by Gasteiger charge is 2.05. The highest BCUT2D eigenvalue weighted by Crippen LogP contribution is 2.20. The van der Waals surface area contributed by atoms with E-state index in [0.29, 0.717) is 0 Å². The van der Waals surface area contributed by atoms with Crippen molar-refractivity contribution in [2.24, 2.45) is 0 Å². The number of hydrogen-bond donors (Lipinski definition) is 1. The van der Waals surface area contributed by atoms with Crippen LogP contribution in [-0.4, -0.2) is 19.3 Å². The van der Waals surface area contributed by atoms with E-state index in [2.05, 4.69) is 18.5 Å². The van der Waals surface area contributed by atoms with Crippen molar-refractivity contribution >= 4 is 11.8 Å². The molecule has 52 valence electrons. The van der Waals surface area contributed by atoms with Crippen LogP contribution < -0.4 is 5.32 Å². The Morgan fingerprint density at radius 2 is 2.33 bits per heavy atom. The van der Waals surface area contributed by atoms with Gasteiger partial charge in [-0.25, -0.2) is 0 Å². The van der Waals surface area contributed by atoms with E-state index in [-0.39, 0.29) is 0 Å². The summed E-state index contributed by atoms with van der Waals surface area (Å²) < 4.78 is 0. The van der Waals surface area contributed by atoms with E-state index >= 15 is 0 Å². The van der Waals surface area contributed by atoms with Crippen LogP contribution in [0.3, 0.4) is 0 Å². The molecule has 0 bridgehead atoms. The van der Waals surface area contributed by atoms with Crippen molar-refractivity contribution in [3.05, 3.63) is 10.5 Å². The van der Waals surface area contributed by atoms with Crippen molar-refractivity contribution in [3.8, 4) is 0 Å². The van der Waals surface area contributed by atoms with E-state index in [0.717, 1.165) is 13.1 Å². The zero-order valence-corrected chi connectivity index (χ0v) is 6.85. The van der Waals surface area contributed by atoms with Crippen LogP contribution in [-0.2, 0) is 0 Å². The first-order valence-electron chi connectivity index (χ1n) is 3.28. The quantitative estimate of drug-likeness (QED) is 0.598. The average Bonchev–Trinajstić information content (AvgIpc) is 1.89. The molecule has 0 aromatic rings. The molecule has 0 saturated heterocycles. The molecule has 0 radical (unpaired) electrons. The second kappa shape index (κ2) is 3.28. The molecule has 1 rings (SSSR count). The highest BCUT2D eigenvalue weighted by atomic mass is 32.2. The Labute approximate surface area is 60.9 Å². The fourth-order valence-electron chi connectivity index (χ4n) is 1.01. The standard InChI is InChI=1S/C7H13NS/c1-6-3-4-8-5-7(6)9-2/h8H,3-5H2,1-2H3. The van der Waals surface area contributed by atoms with Gasteiger partial charge in [-0.05, 0) is 31.1 Å². The van der Waals surface area contributed by atoms with E-state index in [9.17, 15) is 0 Å². The van der Waals surface area contributed by atoms with E-state index < -0.39 is 0 Å². The predicted molar refractivity (Wildman–Crippen MR) is 43.7 cm³/mol. The topological polar surface area (TPSA) is 12.0 Å². The molecular formula is C7H13NS. The zero-order valence-electron chi connectivity index (χ0n) is 6.03. The summed E-state index contributed by atoms with van der Waals surface area (Å²) in [7, 11) is 0. The molecule has 0 fully saturated rings. The minimum Gasteiger partial charge on any atom is -0.312 e. The molecule has 2 heteroatoms. The maximum Gasteiger partial charge on any atom is 0.0264 e. The second-order valence-corrected chi connectivity index (χ2v) is 3.24. The lowest BCUT2D eigenvalue weighted by atomic mass is 10.1. The van der Waals surface area contributed by atoms with E-state index in [4.69, 9.17) is 0 Å². The Morgan fingerprint density at radius 1 is 1.56 bits per heavy atom. The molecule has 0 unspecified atom stereocenters. The molecule has 0 aliphatic carbocycles. The maximum absolute atomic E-state index is 3.34. The number of rotatable bonds is 1. The number of nitrogens with one attached hydrogen (secondary N) is 1. The molecule has 9 heavy (non-hydrogen) atoms. The SMILES string of the molecule is CSC1=C(C)CCNC1. The third kappa shape index (κ3) is 1.73. The lowest BCUT2D eigenvalue weighted by Crippen LogP contribution is -2.23. The van der Waals surface area contributed by atoms with Crippen LogP contribution in [0, 0.1) is 0 Å². The van der Waals surface area contributed by atoms with Gasteiger partial charge in [0, 0.05) is 6.54 Å². The lowest BCUT2D eigenvalue weighted by Gasteiger charge is -2.16. The molecule has 1 nitrogen and oxygen atoms in total. The molecule has 0 saturated carbocycles. The molecule has 1 aliphatic heterocycles. The van der Waals surface area contributed by atoms with Gasteiger partial charge in [-0.15, -0.1) is 11.8 Å². The Kier molecular flexibility index (Phi) is 2.61. The van der Waals surface area contributed by atoms with Gasteiger partial charge in [-0.2, -0.15) is 0 Å². The Morgan fingerprint density at radius 3 is 2.78 bits per heavy atom. The highest BCUT2D eigenvalue weighted by molar-refractivity contribution is 8.02. The van der Waals surface area contributed by atoms with Gasteiger partial charge < -0.3 is 5.32 Å². The summed E-state index contributed by atoms with van der Waals surface area (Å²) in [6.45, 7) is 4.48. The van der Waals surface area contributed by atoms with Gasteiger partial charge in [0.05, 0.1) is 0 Å². The summed E-state index contributed by atoms with van der Waals surface area (Å²) in [6.07, 6.45) is 3.38. The van der Waals surface area contributed by atoms with Gasteiger partial charge in [-0.1, -0.05) is 5.57 Å². The van der Waals surface area contributed by atoms with Crippen molar-refractivity contribution < 1.29 is 0 Å². The van der Waals surface area contributed by atoms with Crippen molar-refractivity contribution in [3.63, 3.8) is 0 Å². The molecule has 0 amide bonds. The van der Waals surface area contributed by atoms with Gasteiger partial charge in [-0.3, -0.25) is 0 Å². The lowest BCUT2D eigenvalue weighted by molar-refractivity contribution is 0.697. The first-order chi connectivity index (χ1) is 4.34. The van der Waals surface area contributed by atoms with Crippen molar-refractivity contribution in [2.75, 3.05) is 19.3 Å². The summed E-state index contributed by atoms with van der Waals surface area (Å²) in [4.78, 5) is 1.53. The second-order valence-electron chi connectivity index (χ2n) is 2.33. The Hall–Kier alpha value is 0.0500. The van der Waals surface area contributed by atoms with E-state index in [1.165, 1.54) is 11.3 Å². The molecule has 0 atom stereocenters. The van der Waals surface area contributed by atoms with Crippen LogP contribution in [0.4, 0.5) is 0 Å². The molecule has 0 spiro atoms. The third-order valence-electron chi connectivity index (χ3n) is 1.68. The predicted octanol–water partition coefficient (Wildman–Crippen LogP) is 1.62. The van der Waals surface area contributed by atoms with E-state index in [1.807, 2.05) is 11.8 Å². The fourth-order valence-corrected chi connectivity index (χ4v) is 1.71. The van der Waals surface area contributed by atoms with Gasteiger partial charge in [0.15, 0.2) is 0 Å². The monoisotopic (exact) mass is 143 g/mol. The van der Waals surface area contributed by atoms with Crippen LogP contribution >= 0.6 is 11.8 Å². The van der Waals surface area contributed by atoms with Crippen LogP contribution in [0.1, 0.15) is 13.3 Å². The van der Waals surface area contributed by atoms with Gasteiger partial charge in [0.2, 0.25) is 0 Å². The summed E-state index contributed by atoms with van der Waals surface area (Å²) >= 11 is 1.87. The summed E-state index contributed by atoms with van der Waals surface area (Å²) in [5.41, 5.74) is 1.57. The molecular weight excluding hydrogens is 130 g/mol. The normalized spacial score (nSPS) is 20.7. The molecule has 0 aromatic heterocycles. The van der Waals surface area contributed by atoms with Crippen LogP contribution in [0.2, 0.25) is 0 Å².